The molecule has 0 radical (unpaired) electrons. The van der Waals surface area contributed by atoms with Gasteiger partial charge in [-0.2, -0.15) is 0 Å². The number of piperidine rings is 1. The molecular formula is C16H22ClFN2. The second-order valence-corrected chi connectivity index (χ2v) is 6.45. The summed E-state index contributed by atoms with van der Waals surface area (Å²) in [7, 11) is 0. The minimum atomic E-state index is -0.236. The molecule has 20 heavy (non-hydrogen) atoms. The molecule has 4 heteroatoms. The van der Waals surface area contributed by atoms with Crippen molar-refractivity contribution in [2.24, 2.45) is 0 Å². The first-order chi connectivity index (χ1) is 9.72. The van der Waals surface area contributed by atoms with Crippen molar-refractivity contribution in [3.8, 4) is 0 Å². The summed E-state index contributed by atoms with van der Waals surface area (Å²) in [4.78, 5) is 2.51. The van der Waals surface area contributed by atoms with Gasteiger partial charge in [0.15, 0.2) is 0 Å². The number of hydrogen-bond acceptors (Lipinski definition) is 2. The summed E-state index contributed by atoms with van der Waals surface area (Å²) in [6.07, 6.45) is 6.35. The molecule has 0 bridgehead atoms. The van der Waals surface area contributed by atoms with E-state index in [0.29, 0.717) is 17.1 Å². The molecule has 2 aliphatic heterocycles. The van der Waals surface area contributed by atoms with Crippen LogP contribution in [0, 0.1) is 5.82 Å². The molecule has 110 valence electrons. The SMILES string of the molecule is Fc1cc(Cl)cc(CN2CCCCC2C2CCCN2)c1. The van der Waals surface area contributed by atoms with Crippen LogP contribution < -0.4 is 5.32 Å². The summed E-state index contributed by atoms with van der Waals surface area (Å²) in [5, 5.41) is 4.12. The van der Waals surface area contributed by atoms with Crippen molar-refractivity contribution >= 4 is 11.6 Å². The zero-order valence-electron chi connectivity index (χ0n) is 11.7. The van der Waals surface area contributed by atoms with Crippen molar-refractivity contribution in [1.82, 2.24) is 10.2 Å². The summed E-state index contributed by atoms with van der Waals surface area (Å²) in [6.45, 7) is 3.05. The van der Waals surface area contributed by atoms with Crippen molar-refractivity contribution in [3.05, 3.63) is 34.6 Å². The maximum atomic E-state index is 13.5. The molecule has 2 heterocycles. The van der Waals surface area contributed by atoms with Crippen LogP contribution in [0.15, 0.2) is 18.2 Å². The standard InChI is InChI=1S/C16H22ClFN2/c17-13-8-12(9-14(18)10-13)11-20-7-2-1-5-16(20)15-4-3-6-19-15/h8-10,15-16,19H,1-7,11H2. The van der Waals surface area contributed by atoms with Gasteiger partial charge in [0, 0.05) is 23.7 Å². The van der Waals surface area contributed by atoms with Gasteiger partial charge in [-0.05, 0) is 62.5 Å². The van der Waals surface area contributed by atoms with Gasteiger partial charge in [0.1, 0.15) is 5.82 Å². The number of rotatable bonds is 3. The third-order valence-electron chi connectivity index (χ3n) is 4.54. The van der Waals surface area contributed by atoms with E-state index in [0.717, 1.165) is 25.2 Å². The first-order valence-electron chi connectivity index (χ1n) is 7.65. The fourth-order valence-electron chi connectivity index (χ4n) is 3.65. The van der Waals surface area contributed by atoms with Crippen LogP contribution in [0.3, 0.4) is 0 Å². The highest BCUT2D eigenvalue weighted by Gasteiger charge is 2.31. The first kappa shape index (κ1) is 14.3. The first-order valence-corrected chi connectivity index (χ1v) is 8.02. The van der Waals surface area contributed by atoms with Crippen LogP contribution >= 0.6 is 11.6 Å². The molecule has 0 saturated carbocycles. The molecule has 2 aliphatic rings. The van der Waals surface area contributed by atoms with E-state index in [2.05, 4.69) is 10.2 Å². The second kappa shape index (κ2) is 6.42. The van der Waals surface area contributed by atoms with Crippen molar-refractivity contribution in [1.29, 1.82) is 0 Å². The average molecular weight is 297 g/mol. The molecule has 2 atom stereocenters. The van der Waals surface area contributed by atoms with Gasteiger partial charge in [0.25, 0.3) is 0 Å². The lowest BCUT2D eigenvalue weighted by Crippen LogP contribution is -2.49. The highest BCUT2D eigenvalue weighted by Crippen LogP contribution is 2.26. The van der Waals surface area contributed by atoms with Gasteiger partial charge in [-0.1, -0.05) is 18.0 Å². The molecule has 0 spiro atoms. The number of benzene rings is 1. The Morgan fingerprint density at radius 3 is 2.85 bits per heavy atom. The number of nitrogens with one attached hydrogen (secondary N) is 1. The molecule has 0 aliphatic carbocycles. The van der Waals surface area contributed by atoms with E-state index in [1.807, 2.05) is 6.07 Å². The molecule has 0 amide bonds. The quantitative estimate of drug-likeness (QED) is 0.917. The van der Waals surface area contributed by atoms with E-state index in [4.69, 9.17) is 11.6 Å². The fourth-order valence-corrected chi connectivity index (χ4v) is 3.89. The van der Waals surface area contributed by atoms with Crippen molar-refractivity contribution in [3.63, 3.8) is 0 Å². The van der Waals surface area contributed by atoms with E-state index >= 15 is 0 Å². The van der Waals surface area contributed by atoms with Crippen LogP contribution in [0.1, 0.15) is 37.7 Å². The maximum absolute atomic E-state index is 13.5. The Morgan fingerprint density at radius 1 is 1.20 bits per heavy atom. The Balaban J connectivity index is 1.72. The Morgan fingerprint density at radius 2 is 2.10 bits per heavy atom. The van der Waals surface area contributed by atoms with Gasteiger partial charge in [-0.3, -0.25) is 4.90 Å². The van der Waals surface area contributed by atoms with Gasteiger partial charge in [0.05, 0.1) is 0 Å². The van der Waals surface area contributed by atoms with E-state index in [1.54, 1.807) is 6.07 Å². The highest BCUT2D eigenvalue weighted by atomic mass is 35.5. The zero-order valence-corrected chi connectivity index (χ0v) is 12.5. The summed E-state index contributed by atoms with van der Waals surface area (Å²) in [5.74, 6) is -0.236. The largest absolute Gasteiger partial charge is 0.312 e. The van der Waals surface area contributed by atoms with Crippen LogP contribution in [0.5, 0.6) is 0 Å². The molecule has 1 N–H and O–H groups in total. The molecule has 2 nitrogen and oxygen atoms in total. The summed E-state index contributed by atoms with van der Waals surface area (Å²) in [5.41, 5.74) is 0.986. The summed E-state index contributed by atoms with van der Waals surface area (Å²) < 4.78 is 13.5. The summed E-state index contributed by atoms with van der Waals surface area (Å²) in [6, 6.07) is 6.07. The lowest BCUT2D eigenvalue weighted by atomic mass is 9.94. The molecule has 2 unspecified atom stereocenters. The minimum Gasteiger partial charge on any atom is -0.312 e. The van der Waals surface area contributed by atoms with Gasteiger partial charge in [-0.25, -0.2) is 4.39 Å². The van der Waals surface area contributed by atoms with Gasteiger partial charge < -0.3 is 5.32 Å². The third kappa shape index (κ3) is 3.33. The van der Waals surface area contributed by atoms with Crippen LogP contribution in [-0.2, 0) is 6.54 Å². The van der Waals surface area contributed by atoms with Crippen LogP contribution in [0.25, 0.3) is 0 Å². The average Bonchev–Trinajstić information content (AvgIpc) is 2.92. The van der Waals surface area contributed by atoms with E-state index < -0.39 is 0 Å². The van der Waals surface area contributed by atoms with Crippen LogP contribution in [-0.4, -0.2) is 30.1 Å². The third-order valence-corrected chi connectivity index (χ3v) is 4.75. The van der Waals surface area contributed by atoms with Crippen molar-refractivity contribution in [2.45, 2.75) is 50.7 Å². The van der Waals surface area contributed by atoms with Crippen molar-refractivity contribution < 1.29 is 4.39 Å². The Hall–Kier alpha value is -0.640. The Bertz CT molecular complexity index is 440. The predicted octanol–water partition coefficient (Wildman–Crippen LogP) is 3.59. The lowest BCUT2D eigenvalue weighted by molar-refractivity contribution is 0.112. The molecule has 3 rings (SSSR count). The van der Waals surface area contributed by atoms with Gasteiger partial charge >= 0.3 is 0 Å². The topological polar surface area (TPSA) is 15.3 Å². The number of nitrogens with zero attached hydrogens (tertiary/aromatic N) is 1. The molecule has 2 fully saturated rings. The summed E-state index contributed by atoms with van der Waals surface area (Å²) >= 11 is 5.96. The fraction of sp³-hybridized carbons (Fsp3) is 0.625. The van der Waals surface area contributed by atoms with Crippen LogP contribution in [0.4, 0.5) is 4.39 Å². The predicted molar refractivity (Wildman–Crippen MR) is 80.5 cm³/mol. The number of hydrogen-bond donors (Lipinski definition) is 1. The zero-order chi connectivity index (χ0) is 13.9. The molecule has 0 aromatic heterocycles. The monoisotopic (exact) mass is 296 g/mol. The number of halogens is 2. The molecule has 1 aromatic rings. The maximum Gasteiger partial charge on any atom is 0.125 e. The smallest absolute Gasteiger partial charge is 0.125 e. The molecule has 1 aromatic carbocycles. The number of likely N-dealkylation sites (tertiary alicyclic amines) is 1. The van der Waals surface area contributed by atoms with E-state index in [-0.39, 0.29) is 5.82 Å². The van der Waals surface area contributed by atoms with Crippen LogP contribution in [0.2, 0.25) is 5.02 Å². The van der Waals surface area contributed by atoms with Gasteiger partial charge in [-0.15, -0.1) is 0 Å². The molecule has 2 saturated heterocycles. The molecular weight excluding hydrogens is 275 g/mol. The van der Waals surface area contributed by atoms with Crippen molar-refractivity contribution in [2.75, 3.05) is 13.1 Å². The second-order valence-electron chi connectivity index (χ2n) is 6.01. The normalized spacial score (nSPS) is 27.9. The Kier molecular flexibility index (Phi) is 4.59. The van der Waals surface area contributed by atoms with Gasteiger partial charge in [0.2, 0.25) is 0 Å². The van der Waals surface area contributed by atoms with E-state index in [1.165, 1.54) is 38.2 Å². The highest BCUT2D eigenvalue weighted by molar-refractivity contribution is 6.30. The van der Waals surface area contributed by atoms with E-state index in [9.17, 15) is 4.39 Å². The minimum absolute atomic E-state index is 0.236. The lowest BCUT2D eigenvalue weighted by Gasteiger charge is -2.39. The Labute approximate surface area is 125 Å².